The molecule has 1 saturated heterocycles. The van der Waals surface area contributed by atoms with Crippen molar-refractivity contribution in [2.24, 2.45) is 5.73 Å². The van der Waals surface area contributed by atoms with Crippen molar-refractivity contribution in [3.8, 4) is 0 Å². The van der Waals surface area contributed by atoms with Crippen LogP contribution in [0, 0.1) is 0 Å². The average molecular weight is 303 g/mol. The third-order valence-electron chi connectivity index (χ3n) is 2.78. The number of halogens is 1. The Morgan fingerprint density at radius 2 is 2.06 bits per heavy atom. The van der Waals surface area contributed by atoms with Gasteiger partial charge in [-0.05, 0) is 23.8 Å². The van der Waals surface area contributed by atoms with Crippen molar-refractivity contribution in [3.63, 3.8) is 0 Å². The first-order valence-electron chi connectivity index (χ1n) is 5.29. The number of nitrogens with two attached hydrogens (primary N) is 1. The van der Waals surface area contributed by atoms with E-state index in [1.807, 2.05) is 6.07 Å². The lowest BCUT2D eigenvalue weighted by Crippen LogP contribution is -2.38. The molecule has 0 aromatic heterocycles. The van der Waals surface area contributed by atoms with Crippen molar-refractivity contribution in [3.05, 3.63) is 28.2 Å². The highest BCUT2D eigenvalue weighted by molar-refractivity contribution is 9.10. The molecule has 5 heteroatoms. The second-order valence-electron chi connectivity index (χ2n) is 3.81. The van der Waals surface area contributed by atoms with E-state index in [0.29, 0.717) is 6.54 Å². The predicted molar refractivity (Wildman–Crippen MR) is 72.1 cm³/mol. The van der Waals surface area contributed by atoms with Gasteiger partial charge in [-0.1, -0.05) is 15.9 Å². The van der Waals surface area contributed by atoms with Gasteiger partial charge >= 0.3 is 0 Å². The van der Waals surface area contributed by atoms with Crippen LogP contribution >= 0.6 is 15.9 Å². The fourth-order valence-electron chi connectivity index (χ4n) is 1.90. The zero-order valence-corrected chi connectivity index (χ0v) is 11.4. The molecule has 0 amide bonds. The summed E-state index contributed by atoms with van der Waals surface area (Å²) in [4.78, 5) is 2.27. The predicted octanol–water partition coefficient (Wildman–Crippen LogP) is 1.48. The van der Waals surface area contributed by atoms with Crippen molar-refractivity contribution < 1.29 is 4.21 Å². The van der Waals surface area contributed by atoms with Crippen LogP contribution in [0.2, 0.25) is 0 Å². The lowest BCUT2D eigenvalue weighted by molar-refractivity contribution is 0.673. The molecule has 0 saturated carbocycles. The Labute approximate surface area is 107 Å². The third kappa shape index (κ3) is 2.64. The fraction of sp³-hybridized carbons (Fsp3) is 0.455. The van der Waals surface area contributed by atoms with Gasteiger partial charge in [0.2, 0.25) is 0 Å². The van der Waals surface area contributed by atoms with Gasteiger partial charge in [0.25, 0.3) is 0 Å². The molecule has 0 atom stereocenters. The first-order valence-corrected chi connectivity index (χ1v) is 7.57. The molecule has 1 aromatic rings. The SMILES string of the molecule is NCc1cc(Br)ccc1N1CCS(=O)CC1. The molecule has 0 radical (unpaired) electrons. The van der Waals surface area contributed by atoms with Gasteiger partial charge in [0.15, 0.2) is 0 Å². The van der Waals surface area contributed by atoms with Crippen LogP contribution in [0.3, 0.4) is 0 Å². The summed E-state index contributed by atoms with van der Waals surface area (Å²) in [5, 5.41) is 0. The van der Waals surface area contributed by atoms with E-state index < -0.39 is 10.8 Å². The van der Waals surface area contributed by atoms with E-state index in [2.05, 4.69) is 33.0 Å². The van der Waals surface area contributed by atoms with Gasteiger partial charge in [-0.3, -0.25) is 4.21 Å². The highest BCUT2D eigenvalue weighted by Crippen LogP contribution is 2.25. The highest BCUT2D eigenvalue weighted by atomic mass is 79.9. The quantitative estimate of drug-likeness (QED) is 0.900. The molecule has 88 valence electrons. The first kappa shape index (κ1) is 12.1. The number of hydrogen-bond donors (Lipinski definition) is 1. The van der Waals surface area contributed by atoms with E-state index in [1.165, 1.54) is 5.69 Å². The van der Waals surface area contributed by atoms with E-state index in [4.69, 9.17) is 5.73 Å². The maximum atomic E-state index is 11.3. The van der Waals surface area contributed by atoms with Crippen molar-refractivity contribution in [1.29, 1.82) is 0 Å². The highest BCUT2D eigenvalue weighted by Gasteiger charge is 2.17. The molecule has 1 fully saturated rings. The molecule has 0 spiro atoms. The molecule has 1 heterocycles. The first-order chi connectivity index (χ1) is 7.70. The molecule has 3 nitrogen and oxygen atoms in total. The van der Waals surface area contributed by atoms with E-state index in [-0.39, 0.29) is 0 Å². The van der Waals surface area contributed by atoms with Gasteiger partial charge in [0, 0.05) is 52.1 Å². The van der Waals surface area contributed by atoms with Gasteiger partial charge < -0.3 is 10.6 Å². The van der Waals surface area contributed by atoms with Gasteiger partial charge in [0.1, 0.15) is 0 Å². The van der Waals surface area contributed by atoms with Gasteiger partial charge in [0.05, 0.1) is 0 Å². The number of rotatable bonds is 2. The number of benzene rings is 1. The minimum absolute atomic E-state index is 0.536. The van der Waals surface area contributed by atoms with Crippen molar-refractivity contribution >= 4 is 32.4 Å². The lowest BCUT2D eigenvalue weighted by atomic mass is 10.1. The summed E-state index contributed by atoms with van der Waals surface area (Å²) in [6.45, 7) is 2.26. The Kier molecular flexibility index (Phi) is 4.00. The third-order valence-corrected chi connectivity index (χ3v) is 4.55. The largest absolute Gasteiger partial charge is 0.369 e. The maximum absolute atomic E-state index is 11.3. The molecule has 1 aliphatic heterocycles. The summed E-state index contributed by atoms with van der Waals surface area (Å²) < 4.78 is 12.4. The van der Waals surface area contributed by atoms with Gasteiger partial charge in [-0.15, -0.1) is 0 Å². The summed E-state index contributed by atoms with van der Waals surface area (Å²) in [6.07, 6.45) is 0. The normalized spacial score (nSPS) is 17.8. The second kappa shape index (κ2) is 5.29. The number of hydrogen-bond acceptors (Lipinski definition) is 3. The fourth-order valence-corrected chi connectivity index (χ4v) is 3.37. The number of nitrogens with zero attached hydrogens (tertiary/aromatic N) is 1. The zero-order chi connectivity index (χ0) is 11.5. The van der Waals surface area contributed by atoms with E-state index in [0.717, 1.165) is 34.6 Å². The van der Waals surface area contributed by atoms with E-state index in [9.17, 15) is 4.21 Å². The van der Waals surface area contributed by atoms with Crippen molar-refractivity contribution in [1.82, 2.24) is 0 Å². The Hall–Kier alpha value is -0.390. The van der Waals surface area contributed by atoms with Crippen LogP contribution in [0.1, 0.15) is 5.56 Å². The Morgan fingerprint density at radius 3 is 2.69 bits per heavy atom. The van der Waals surface area contributed by atoms with E-state index >= 15 is 0 Å². The zero-order valence-electron chi connectivity index (χ0n) is 8.99. The van der Waals surface area contributed by atoms with E-state index in [1.54, 1.807) is 0 Å². The molecule has 1 aliphatic rings. The van der Waals surface area contributed by atoms with Crippen LogP contribution in [-0.2, 0) is 17.3 Å². The van der Waals surface area contributed by atoms with Crippen molar-refractivity contribution in [2.75, 3.05) is 29.5 Å². The minimum atomic E-state index is -0.630. The summed E-state index contributed by atoms with van der Waals surface area (Å²) >= 11 is 3.45. The second-order valence-corrected chi connectivity index (χ2v) is 6.42. The molecule has 0 bridgehead atoms. The molecular weight excluding hydrogens is 288 g/mol. The summed E-state index contributed by atoms with van der Waals surface area (Å²) in [6, 6.07) is 6.17. The Balaban J connectivity index is 2.22. The van der Waals surface area contributed by atoms with Crippen LogP contribution in [0.25, 0.3) is 0 Å². The minimum Gasteiger partial charge on any atom is -0.369 e. The topological polar surface area (TPSA) is 46.3 Å². The molecule has 0 aliphatic carbocycles. The molecular formula is C11H15BrN2OS. The Bertz CT molecular complexity index is 401. The van der Waals surface area contributed by atoms with Crippen LogP contribution in [-0.4, -0.2) is 28.8 Å². The Morgan fingerprint density at radius 1 is 1.38 bits per heavy atom. The van der Waals surface area contributed by atoms with Crippen molar-refractivity contribution in [2.45, 2.75) is 6.54 Å². The smallest absolute Gasteiger partial charge is 0.0413 e. The standard InChI is InChI=1S/C11H15BrN2OS/c12-10-1-2-11(9(7-10)8-13)14-3-5-16(15)6-4-14/h1-2,7H,3-6,8,13H2. The molecule has 2 rings (SSSR count). The van der Waals surface area contributed by atoms with Crippen LogP contribution in [0.5, 0.6) is 0 Å². The molecule has 1 aromatic carbocycles. The number of anilines is 1. The van der Waals surface area contributed by atoms with Crippen LogP contribution < -0.4 is 10.6 Å². The summed E-state index contributed by atoms with van der Waals surface area (Å²) in [5.41, 5.74) is 8.07. The van der Waals surface area contributed by atoms with Gasteiger partial charge in [-0.2, -0.15) is 0 Å². The molecule has 16 heavy (non-hydrogen) atoms. The molecule has 2 N–H and O–H groups in total. The monoisotopic (exact) mass is 302 g/mol. The molecule has 0 unspecified atom stereocenters. The van der Waals surface area contributed by atoms with Crippen LogP contribution in [0.4, 0.5) is 5.69 Å². The average Bonchev–Trinajstić information content (AvgIpc) is 2.30. The summed E-state index contributed by atoms with van der Waals surface area (Å²) in [7, 11) is -0.630. The summed E-state index contributed by atoms with van der Waals surface area (Å²) in [5.74, 6) is 1.53. The lowest BCUT2D eigenvalue weighted by Gasteiger charge is -2.30. The van der Waals surface area contributed by atoms with Gasteiger partial charge in [-0.25, -0.2) is 0 Å². The maximum Gasteiger partial charge on any atom is 0.0413 e. The van der Waals surface area contributed by atoms with Crippen LogP contribution in [0.15, 0.2) is 22.7 Å².